The molecule has 2 aromatic rings. The zero-order chi connectivity index (χ0) is 18.9. The molecular weight excluding hydrogens is 389 g/mol. The molecule has 27 heavy (non-hydrogen) atoms. The fourth-order valence-corrected chi connectivity index (χ4v) is 3.32. The van der Waals surface area contributed by atoms with E-state index in [1.54, 1.807) is 36.1 Å². The molecule has 1 saturated heterocycles. The second kappa shape index (κ2) is 8.33. The van der Waals surface area contributed by atoms with Gasteiger partial charge in [0.1, 0.15) is 5.76 Å². The smallest absolute Gasteiger partial charge is 0.259 e. The third-order valence-electron chi connectivity index (χ3n) is 4.90. The van der Waals surface area contributed by atoms with Crippen molar-refractivity contribution in [3.05, 3.63) is 52.4 Å². The fourth-order valence-electron chi connectivity index (χ4n) is 3.15. The SMILES string of the molecule is Cc1occc1C(=O)Nc1cc(Cl)ccc1C(=O)N1CCC(C)(CN)C1.Cl. The van der Waals surface area contributed by atoms with Gasteiger partial charge in [-0.1, -0.05) is 18.5 Å². The Labute approximate surface area is 169 Å². The first-order chi connectivity index (χ1) is 12.3. The van der Waals surface area contributed by atoms with E-state index in [1.807, 2.05) is 0 Å². The Balaban J connectivity index is 0.00000261. The van der Waals surface area contributed by atoms with E-state index in [-0.39, 0.29) is 29.6 Å². The summed E-state index contributed by atoms with van der Waals surface area (Å²) in [5.41, 5.74) is 6.97. The van der Waals surface area contributed by atoms with Crippen LogP contribution in [0.25, 0.3) is 0 Å². The summed E-state index contributed by atoms with van der Waals surface area (Å²) in [5.74, 6) is 0.0227. The van der Waals surface area contributed by atoms with Crippen LogP contribution < -0.4 is 11.1 Å². The molecule has 3 N–H and O–H groups in total. The van der Waals surface area contributed by atoms with Gasteiger partial charge in [-0.05, 0) is 49.6 Å². The average molecular weight is 412 g/mol. The second-order valence-electron chi connectivity index (χ2n) is 7.03. The van der Waals surface area contributed by atoms with Gasteiger partial charge in [-0.3, -0.25) is 9.59 Å². The number of hydrogen-bond acceptors (Lipinski definition) is 4. The second-order valence-corrected chi connectivity index (χ2v) is 7.46. The van der Waals surface area contributed by atoms with Crippen molar-refractivity contribution < 1.29 is 14.0 Å². The van der Waals surface area contributed by atoms with Crippen LogP contribution in [0.3, 0.4) is 0 Å². The van der Waals surface area contributed by atoms with Crippen molar-refractivity contribution in [2.24, 2.45) is 11.1 Å². The summed E-state index contributed by atoms with van der Waals surface area (Å²) < 4.78 is 5.17. The van der Waals surface area contributed by atoms with Gasteiger partial charge in [-0.2, -0.15) is 0 Å². The summed E-state index contributed by atoms with van der Waals surface area (Å²) >= 11 is 6.08. The molecule has 1 fully saturated rings. The summed E-state index contributed by atoms with van der Waals surface area (Å²) in [4.78, 5) is 27.3. The first-order valence-corrected chi connectivity index (χ1v) is 8.85. The van der Waals surface area contributed by atoms with Crippen LogP contribution in [0.1, 0.15) is 39.8 Å². The number of nitrogens with one attached hydrogen (secondary N) is 1. The number of nitrogens with two attached hydrogens (primary N) is 1. The van der Waals surface area contributed by atoms with E-state index in [0.29, 0.717) is 47.2 Å². The summed E-state index contributed by atoms with van der Waals surface area (Å²) in [6.45, 7) is 5.55. The van der Waals surface area contributed by atoms with Gasteiger partial charge in [0.2, 0.25) is 0 Å². The molecule has 1 aromatic heterocycles. The molecule has 0 radical (unpaired) electrons. The van der Waals surface area contributed by atoms with Crippen molar-refractivity contribution in [1.29, 1.82) is 0 Å². The van der Waals surface area contributed by atoms with E-state index in [2.05, 4.69) is 12.2 Å². The highest BCUT2D eigenvalue weighted by atomic mass is 35.5. The van der Waals surface area contributed by atoms with E-state index in [1.165, 1.54) is 6.26 Å². The Hall–Kier alpha value is -2.02. The normalized spacial score (nSPS) is 18.9. The Morgan fingerprint density at radius 1 is 1.33 bits per heavy atom. The number of anilines is 1. The molecule has 0 bridgehead atoms. The lowest BCUT2D eigenvalue weighted by Crippen LogP contribution is -2.35. The number of likely N-dealkylation sites (tertiary alicyclic amines) is 1. The van der Waals surface area contributed by atoms with Gasteiger partial charge in [0.25, 0.3) is 11.8 Å². The molecule has 0 aliphatic carbocycles. The summed E-state index contributed by atoms with van der Waals surface area (Å²) in [5, 5.41) is 3.22. The fraction of sp³-hybridized carbons (Fsp3) is 0.368. The molecule has 6 nitrogen and oxygen atoms in total. The van der Waals surface area contributed by atoms with Crippen LogP contribution in [0, 0.1) is 12.3 Å². The minimum Gasteiger partial charge on any atom is -0.469 e. The molecule has 2 heterocycles. The molecule has 0 saturated carbocycles. The average Bonchev–Trinajstić information content (AvgIpc) is 3.21. The standard InChI is InChI=1S/C19H22ClN3O3.ClH/c1-12-14(5-8-26-12)17(24)22-16-9-13(20)3-4-15(16)18(25)23-7-6-19(2,10-21)11-23;/h3-5,8-9H,6-7,10-11,21H2,1-2H3,(H,22,24);1H. The van der Waals surface area contributed by atoms with Crippen molar-refractivity contribution >= 4 is 41.5 Å². The molecule has 3 rings (SSSR count). The van der Waals surface area contributed by atoms with Crippen LogP contribution in [0.5, 0.6) is 0 Å². The number of amides is 2. The minimum atomic E-state index is -0.346. The summed E-state index contributed by atoms with van der Waals surface area (Å²) in [6, 6.07) is 6.45. The van der Waals surface area contributed by atoms with E-state index >= 15 is 0 Å². The quantitative estimate of drug-likeness (QED) is 0.801. The van der Waals surface area contributed by atoms with Crippen molar-refractivity contribution in [3.63, 3.8) is 0 Å². The van der Waals surface area contributed by atoms with Crippen LogP contribution in [0.15, 0.2) is 34.9 Å². The predicted octanol–water partition coefficient (Wildman–Crippen LogP) is 3.73. The lowest BCUT2D eigenvalue weighted by atomic mass is 9.90. The van der Waals surface area contributed by atoms with Gasteiger partial charge in [-0.15, -0.1) is 12.4 Å². The first kappa shape index (κ1) is 21.3. The third kappa shape index (κ3) is 4.46. The number of nitrogens with zero attached hydrogens (tertiary/aromatic N) is 1. The van der Waals surface area contributed by atoms with Crippen molar-refractivity contribution in [2.75, 3.05) is 25.0 Å². The maximum atomic E-state index is 13.0. The molecule has 1 aliphatic heterocycles. The van der Waals surface area contributed by atoms with E-state index < -0.39 is 0 Å². The maximum Gasteiger partial charge on any atom is 0.259 e. The molecule has 146 valence electrons. The van der Waals surface area contributed by atoms with Gasteiger partial charge >= 0.3 is 0 Å². The highest BCUT2D eigenvalue weighted by Gasteiger charge is 2.35. The van der Waals surface area contributed by atoms with Crippen molar-refractivity contribution in [2.45, 2.75) is 20.3 Å². The number of halogens is 2. The number of carbonyl (C=O) groups is 2. The van der Waals surface area contributed by atoms with Gasteiger partial charge in [0, 0.05) is 18.1 Å². The lowest BCUT2D eigenvalue weighted by Gasteiger charge is -2.23. The van der Waals surface area contributed by atoms with Crippen LogP contribution in [-0.2, 0) is 0 Å². The molecule has 1 unspecified atom stereocenters. The molecule has 1 aliphatic rings. The van der Waals surface area contributed by atoms with E-state index in [4.69, 9.17) is 21.8 Å². The van der Waals surface area contributed by atoms with Crippen LogP contribution in [-0.4, -0.2) is 36.3 Å². The zero-order valence-corrected chi connectivity index (χ0v) is 16.8. The highest BCUT2D eigenvalue weighted by Crippen LogP contribution is 2.31. The Kier molecular flexibility index (Phi) is 6.57. The van der Waals surface area contributed by atoms with Gasteiger partial charge < -0.3 is 20.4 Å². The first-order valence-electron chi connectivity index (χ1n) is 8.47. The number of aryl methyl sites for hydroxylation is 1. The van der Waals surface area contributed by atoms with Crippen LogP contribution >= 0.6 is 24.0 Å². The monoisotopic (exact) mass is 411 g/mol. The number of carbonyl (C=O) groups excluding carboxylic acids is 2. The zero-order valence-electron chi connectivity index (χ0n) is 15.3. The highest BCUT2D eigenvalue weighted by molar-refractivity contribution is 6.31. The molecule has 8 heteroatoms. The molecule has 1 atom stereocenters. The van der Waals surface area contributed by atoms with Crippen molar-refractivity contribution in [1.82, 2.24) is 4.90 Å². The van der Waals surface area contributed by atoms with E-state index in [9.17, 15) is 9.59 Å². The van der Waals surface area contributed by atoms with Crippen LogP contribution in [0.4, 0.5) is 5.69 Å². The lowest BCUT2D eigenvalue weighted by molar-refractivity contribution is 0.0778. The number of hydrogen-bond donors (Lipinski definition) is 2. The minimum absolute atomic E-state index is 0. The number of rotatable bonds is 4. The molecule has 2 amide bonds. The maximum absolute atomic E-state index is 13.0. The van der Waals surface area contributed by atoms with E-state index in [0.717, 1.165) is 6.42 Å². The van der Waals surface area contributed by atoms with Gasteiger partial charge in [0.05, 0.1) is 23.1 Å². The summed E-state index contributed by atoms with van der Waals surface area (Å²) in [6.07, 6.45) is 2.31. The topological polar surface area (TPSA) is 88.6 Å². The molecular formula is C19H23Cl2N3O3. The predicted molar refractivity (Wildman–Crippen MR) is 108 cm³/mol. The number of furan rings is 1. The largest absolute Gasteiger partial charge is 0.469 e. The van der Waals surface area contributed by atoms with Gasteiger partial charge in [0.15, 0.2) is 0 Å². The summed E-state index contributed by atoms with van der Waals surface area (Å²) in [7, 11) is 0. The molecule has 0 spiro atoms. The Morgan fingerprint density at radius 3 is 2.67 bits per heavy atom. The Morgan fingerprint density at radius 2 is 2.07 bits per heavy atom. The number of benzene rings is 1. The van der Waals surface area contributed by atoms with Crippen LogP contribution in [0.2, 0.25) is 5.02 Å². The molecule has 1 aromatic carbocycles. The third-order valence-corrected chi connectivity index (χ3v) is 5.14. The van der Waals surface area contributed by atoms with Gasteiger partial charge in [-0.25, -0.2) is 0 Å². The Bertz CT molecular complexity index is 852. The van der Waals surface area contributed by atoms with Crippen molar-refractivity contribution in [3.8, 4) is 0 Å².